The molecule has 3 aromatic rings. The highest BCUT2D eigenvalue weighted by molar-refractivity contribution is 6.02. The molecule has 1 saturated heterocycles. The fraction of sp³-hybridized carbons (Fsp3) is 0.409. The molecule has 142 valence electrons. The van der Waals surface area contributed by atoms with Gasteiger partial charge in [0.1, 0.15) is 0 Å². The second kappa shape index (κ2) is 6.44. The van der Waals surface area contributed by atoms with E-state index >= 15 is 0 Å². The summed E-state index contributed by atoms with van der Waals surface area (Å²) in [6.45, 7) is 8.84. The summed E-state index contributed by atoms with van der Waals surface area (Å²) in [6, 6.07) is 14.8. The lowest BCUT2D eigenvalue weighted by atomic mass is 9.79. The number of hydrogen-bond acceptors (Lipinski definition) is 5. The minimum atomic E-state index is -0.0290. The number of rotatable bonds is 3. The summed E-state index contributed by atoms with van der Waals surface area (Å²) in [5.74, 6) is 0.763. The molecular weight excluding hydrogens is 336 g/mol. The Balaban J connectivity index is 1.82. The van der Waals surface area contributed by atoms with Crippen molar-refractivity contribution >= 4 is 27.4 Å². The van der Waals surface area contributed by atoms with Crippen LogP contribution in [0.2, 0.25) is 0 Å². The number of nitrogens with zero attached hydrogens (tertiary/aromatic N) is 2. The number of hydrazine groups is 1. The van der Waals surface area contributed by atoms with E-state index in [1.54, 1.807) is 0 Å². The molecule has 0 spiro atoms. The average Bonchev–Trinajstić information content (AvgIpc) is 2.58. The number of nitrogens with one attached hydrogen (secondary N) is 2. The molecule has 0 bridgehead atoms. The first-order valence-electron chi connectivity index (χ1n) is 9.54. The topological polar surface area (TPSA) is 60.4 Å². The maximum Gasteiger partial charge on any atom is 0.152 e. The van der Waals surface area contributed by atoms with Crippen LogP contribution in [0.4, 0.5) is 5.82 Å². The van der Waals surface area contributed by atoms with Gasteiger partial charge in [-0.1, -0.05) is 24.3 Å². The van der Waals surface area contributed by atoms with Crippen molar-refractivity contribution in [3.05, 3.63) is 48.7 Å². The van der Waals surface area contributed by atoms with Crippen LogP contribution in [-0.2, 0) is 0 Å². The first-order valence-corrected chi connectivity index (χ1v) is 9.54. The van der Waals surface area contributed by atoms with Crippen molar-refractivity contribution in [3.8, 4) is 0 Å². The zero-order chi connectivity index (χ0) is 19.2. The molecule has 0 aliphatic carbocycles. The van der Waals surface area contributed by atoms with E-state index in [2.05, 4.69) is 73.9 Å². The van der Waals surface area contributed by atoms with Gasteiger partial charge in [0.2, 0.25) is 0 Å². The maximum atomic E-state index is 10.1. The molecule has 4 rings (SSSR count). The van der Waals surface area contributed by atoms with Gasteiger partial charge >= 0.3 is 0 Å². The summed E-state index contributed by atoms with van der Waals surface area (Å²) < 4.78 is 0. The van der Waals surface area contributed by atoms with E-state index < -0.39 is 0 Å². The first kappa shape index (κ1) is 18.2. The smallest absolute Gasteiger partial charge is 0.152 e. The van der Waals surface area contributed by atoms with Crippen LogP contribution >= 0.6 is 0 Å². The van der Waals surface area contributed by atoms with Gasteiger partial charge in [0, 0.05) is 22.7 Å². The van der Waals surface area contributed by atoms with Crippen molar-refractivity contribution in [1.29, 1.82) is 0 Å². The van der Waals surface area contributed by atoms with Crippen LogP contribution in [0.15, 0.2) is 48.7 Å². The molecule has 3 N–H and O–H groups in total. The average molecular weight is 364 g/mol. The molecule has 0 unspecified atom stereocenters. The third-order valence-electron chi connectivity index (χ3n) is 5.48. The number of benzene rings is 2. The molecule has 0 saturated carbocycles. The number of anilines is 1. The van der Waals surface area contributed by atoms with E-state index in [9.17, 15) is 5.21 Å². The molecule has 27 heavy (non-hydrogen) atoms. The SMILES string of the molecule is CC1(C)CC(N(NO)c2nccc3cc4ccccc4cc23)CC(C)(C)N1. The van der Waals surface area contributed by atoms with Crippen LogP contribution in [0.5, 0.6) is 0 Å². The molecule has 0 radical (unpaired) electrons. The van der Waals surface area contributed by atoms with Crippen molar-refractivity contribution in [3.63, 3.8) is 0 Å². The van der Waals surface area contributed by atoms with E-state index in [1.807, 2.05) is 23.3 Å². The summed E-state index contributed by atoms with van der Waals surface area (Å²) in [4.78, 5) is 4.64. The molecule has 2 aromatic carbocycles. The predicted molar refractivity (Wildman–Crippen MR) is 111 cm³/mol. The molecule has 1 aromatic heterocycles. The normalized spacial score (nSPS) is 19.4. The Hall–Kier alpha value is -2.21. The monoisotopic (exact) mass is 364 g/mol. The molecule has 1 aliphatic rings. The third kappa shape index (κ3) is 3.50. The Bertz CT molecular complexity index is 966. The van der Waals surface area contributed by atoms with Crippen molar-refractivity contribution in [2.24, 2.45) is 0 Å². The fourth-order valence-electron chi connectivity index (χ4n) is 4.79. The number of piperidine rings is 1. The zero-order valence-corrected chi connectivity index (χ0v) is 16.5. The van der Waals surface area contributed by atoms with E-state index in [0.717, 1.165) is 29.4 Å². The van der Waals surface area contributed by atoms with Crippen molar-refractivity contribution in [2.45, 2.75) is 57.7 Å². The van der Waals surface area contributed by atoms with Gasteiger partial charge in [-0.15, -0.1) is 5.59 Å². The Morgan fingerprint density at radius 1 is 1.00 bits per heavy atom. The summed E-state index contributed by atoms with van der Waals surface area (Å²) >= 11 is 0. The number of aromatic nitrogens is 1. The van der Waals surface area contributed by atoms with E-state index in [1.165, 1.54) is 10.8 Å². The first-order chi connectivity index (χ1) is 12.8. The molecule has 2 heterocycles. The fourth-order valence-corrected chi connectivity index (χ4v) is 4.79. The van der Waals surface area contributed by atoms with Gasteiger partial charge in [0.15, 0.2) is 5.82 Å². The molecule has 5 heteroatoms. The summed E-state index contributed by atoms with van der Waals surface area (Å²) in [6.07, 6.45) is 3.61. The van der Waals surface area contributed by atoms with E-state index in [0.29, 0.717) is 0 Å². The summed E-state index contributed by atoms with van der Waals surface area (Å²) in [5.41, 5.74) is 2.39. The van der Waals surface area contributed by atoms with Crippen molar-refractivity contribution in [1.82, 2.24) is 15.9 Å². The van der Waals surface area contributed by atoms with Crippen LogP contribution < -0.4 is 15.9 Å². The van der Waals surface area contributed by atoms with E-state index in [4.69, 9.17) is 0 Å². The largest absolute Gasteiger partial charge is 0.307 e. The standard InChI is InChI=1S/C22H28N4O/c1-21(2)13-18(14-22(3,4)24-21)26(25-27)20-19-12-16-8-6-5-7-15(16)11-17(19)9-10-23-20/h5-12,18,24-25,27H,13-14H2,1-4H3. The second-order valence-electron chi connectivity index (χ2n) is 8.98. The highest BCUT2D eigenvalue weighted by Crippen LogP contribution is 2.35. The molecule has 0 atom stereocenters. The zero-order valence-electron chi connectivity index (χ0n) is 16.5. The van der Waals surface area contributed by atoms with E-state index in [-0.39, 0.29) is 17.1 Å². The summed E-state index contributed by atoms with van der Waals surface area (Å²) in [5, 5.41) is 20.1. The Kier molecular flexibility index (Phi) is 4.34. The third-order valence-corrected chi connectivity index (χ3v) is 5.48. The lowest BCUT2D eigenvalue weighted by Gasteiger charge is -2.49. The van der Waals surface area contributed by atoms with Gasteiger partial charge in [-0.25, -0.2) is 4.98 Å². The van der Waals surface area contributed by atoms with Crippen LogP contribution in [0.25, 0.3) is 21.5 Å². The predicted octanol–water partition coefficient (Wildman–Crippen LogP) is 4.40. The van der Waals surface area contributed by atoms with Gasteiger partial charge in [-0.05, 0) is 74.9 Å². The summed E-state index contributed by atoms with van der Waals surface area (Å²) in [7, 11) is 0. The van der Waals surface area contributed by atoms with Gasteiger partial charge in [-0.3, -0.25) is 10.2 Å². The molecular formula is C22H28N4O. The number of pyridine rings is 1. The van der Waals surface area contributed by atoms with Crippen molar-refractivity contribution < 1.29 is 5.21 Å². The Labute approximate surface area is 160 Å². The highest BCUT2D eigenvalue weighted by atomic mass is 16.5. The van der Waals surface area contributed by atoms with Crippen molar-refractivity contribution in [2.75, 3.05) is 5.01 Å². The Morgan fingerprint density at radius 2 is 1.63 bits per heavy atom. The highest BCUT2D eigenvalue weighted by Gasteiger charge is 2.40. The minimum absolute atomic E-state index is 0.0290. The quantitative estimate of drug-likeness (QED) is 0.475. The Morgan fingerprint density at radius 3 is 2.26 bits per heavy atom. The van der Waals surface area contributed by atoms with Gasteiger partial charge in [-0.2, -0.15) is 0 Å². The lowest BCUT2D eigenvalue weighted by molar-refractivity contribution is 0.0977. The van der Waals surface area contributed by atoms with Crippen LogP contribution in [0.3, 0.4) is 0 Å². The van der Waals surface area contributed by atoms with Gasteiger partial charge in [0.05, 0.1) is 6.04 Å². The number of fused-ring (bicyclic) bond motifs is 2. The number of hydrogen-bond donors (Lipinski definition) is 3. The molecule has 0 amide bonds. The van der Waals surface area contributed by atoms with Crippen LogP contribution in [0, 0.1) is 0 Å². The minimum Gasteiger partial charge on any atom is -0.307 e. The maximum absolute atomic E-state index is 10.1. The van der Waals surface area contributed by atoms with Gasteiger partial charge in [0.25, 0.3) is 0 Å². The van der Waals surface area contributed by atoms with Gasteiger partial charge < -0.3 is 5.32 Å². The molecule has 1 fully saturated rings. The molecule has 5 nitrogen and oxygen atoms in total. The molecule has 1 aliphatic heterocycles. The van der Waals surface area contributed by atoms with Crippen LogP contribution in [-0.4, -0.2) is 27.3 Å². The van der Waals surface area contributed by atoms with Crippen LogP contribution in [0.1, 0.15) is 40.5 Å². The second-order valence-corrected chi connectivity index (χ2v) is 8.98. The lowest BCUT2D eigenvalue weighted by Crippen LogP contribution is -2.64.